The SMILES string of the molecule is CC(C)CC(Cl)c1ccc(OC(C)C)cc1. The molecule has 1 atom stereocenters. The van der Waals surface area contributed by atoms with Gasteiger partial charge in [0.25, 0.3) is 0 Å². The molecule has 90 valence electrons. The van der Waals surface area contributed by atoms with Crippen LogP contribution >= 0.6 is 11.6 Å². The van der Waals surface area contributed by atoms with E-state index in [9.17, 15) is 0 Å². The van der Waals surface area contributed by atoms with Gasteiger partial charge in [-0.2, -0.15) is 0 Å². The maximum Gasteiger partial charge on any atom is 0.119 e. The molecule has 16 heavy (non-hydrogen) atoms. The number of halogens is 1. The zero-order valence-electron chi connectivity index (χ0n) is 10.5. The molecule has 2 heteroatoms. The number of alkyl halides is 1. The van der Waals surface area contributed by atoms with Gasteiger partial charge in [0.2, 0.25) is 0 Å². The van der Waals surface area contributed by atoms with Gasteiger partial charge in [-0.3, -0.25) is 0 Å². The maximum atomic E-state index is 6.32. The minimum atomic E-state index is 0.105. The Balaban J connectivity index is 2.63. The summed E-state index contributed by atoms with van der Waals surface area (Å²) in [6.45, 7) is 8.42. The topological polar surface area (TPSA) is 9.23 Å². The summed E-state index contributed by atoms with van der Waals surface area (Å²) >= 11 is 6.32. The molecule has 1 aromatic rings. The van der Waals surface area contributed by atoms with Gasteiger partial charge in [-0.25, -0.2) is 0 Å². The van der Waals surface area contributed by atoms with Crippen molar-refractivity contribution in [2.24, 2.45) is 5.92 Å². The van der Waals surface area contributed by atoms with Gasteiger partial charge in [-0.05, 0) is 43.9 Å². The first-order valence-electron chi connectivity index (χ1n) is 5.89. The lowest BCUT2D eigenvalue weighted by Gasteiger charge is -2.14. The van der Waals surface area contributed by atoms with Crippen molar-refractivity contribution in [3.63, 3.8) is 0 Å². The van der Waals surface area contributed by atoms with E-state index in [1.165, 1.54) is 5.56 Å². The average Bonchev–Trinajstić information content (AvgIpc) is 2.16. The molecule has 0 amide bonds. The highest BCUT2D eigenvalue weighted by Crippen LogP contribution is 2.29. The van der Waals surface area contributed by atoms with E-state index < -0.39 is 0 Å². The second-order valence-electron chi connectivity index (χ2n) is 4.83. The standard InChI is InChI=1S/C14H21ClO/c1-10(2)9-14(15)12-5-7-13(8-6-12)16-11(3)4/h5-8,10-11,14H,9H2,1-4H3. The first-order chi connectivity index (χ1) is 7.49. The van der Waals surface area contributed by atoms with E-state index >= 15 is 0 Å². The van der Waals surface area contributed by atoms with Crippen LogP contribution in [-0.4, -0.2) is 6.10 Å². The molecule has 0 heterocycles. The van der Waals surface area contributed by atoms with Crippen molar-refractivity contribution < 1.29 is 4.74 Å². The van der Waals surface area contributed by atoms with Gasteiger partial charge in [-0.15, -0.1) is 11.6 Å². The molecule has 0 aliphatic rings. The molecule has 0 aromatic heterocycles. The van der Waals surface area contributed by atoms with Gasteiger partial charge in [0.1, 0.15) is 5.75 Å². The monoisotopic (exact) mass is 240 g/mol. The van der Waals surface area contributed by atoms with Crippen molar-refractivity contribution in [1.82, 2.24) is 0 Å². The van der Waals surface area contributed by atoms with Crippen LogP contribution in [-0.2, 0) is 0 Å². The van der Waals surface area contributed by atoms with E-state index in [-0.39, 0.29) is 11.5 Å². The van der Waals surface area contributed by atoms with E-state index in [0.29, 0.717) is 5.92 Å². The number of ether oxygens (including phenoxy) is 1. The fourth-order valence-corrected chi connectivity index (χ4v) is 2.08. The summed E-state index contributed by atoms with van der Waals surface area (Å²) in [7, 11) is 0. The predicted octanol–water partition coefficient (Wildman–Crippen LogP) is 4.80. The third-order valence-corrected chi connectivity index (χ3v) is 2.72. The zero-order valence-corrected chi connectivity index (χ0v) is 11.3. The van der Waals surface area contributed by atoms with E-state index in [0.717, 1.165) is 12.2 Å². The Labute approximate surface area is 104 Å². The highest BCUT2D eigenvalue weighted by molar-refractivity contribution is 6.20. The molecule has 0 fully saturated rings. The van der Waals surface area contributed by atoms with Crippen LogP contribution in [0.2, 0.25) is 0 Å². The van der Waals surface area contributed by atoms with Crippen molar-refractivity contribution in [2.45, 2.75) is 45.6 Å². The van der Waals surface area contributed by atoms with Crippen LogP contribution in [0.5, 0.6) is 5.75 Å². The molecule has 1 unspecified atom stereocenters. The van der Waals surface area contributed by atoms with E-state index in [4.69, 9.17) is 16.3 Å². The van der Waals surface area contributed by atoms with Crippen molar-refractivity contribution in [2.75, 3.05) is 0 Å². The molecular formula is C14H21ClO. The zero-order chi connectivity index (χ0) is 12.1. The number of hydrogen-bond donors (Lipinski definition) is 0. The second-order valence-corrected chi connectivity index (χ2v) is 5.36. The first kappa shape index (κ1) is 13.4. The lowest BCUT2D eigenvalue weighted by molar-refractivity contribution is 0.242. The van der Waals surface area contributed by atoms with Crippen LogP contribution in [0.1, 0.15) is 45.1 Å². The summed E-state index contributed by atoms with van der Waals surface area (Å²) in [5, 5.41) is 0.105. The molecule has 0 spiro atoms. The highest BCUT2D eigenvalue weighted by Gasteiger charge is 2.10. The highest BCUT2D eigenvalue weighted by atomic mass is 35.5. The molecule has 1 rings (SSSR count). The molecule has 1 nitrogen and oxygen atoms in total. The smallest absolute Gasteiger partial charge is 0.119 e. The molecule has 0 aliphatic carbocycles. The van der Waals surface area contributed by atoms with Crippen molar-refractivity contribution >= 4 is 11.6 Å². The maximum absolute atomic E-state index is 6.32. The predicted molar refractivity (Wildman–Crippen MR) is 70.3 cm³/mol. The van der Waals surface area contributed by atoms with Crippen molar-refractivity contribution in [3.05, 3.63) is 29.8 Å². The fraction of sp³-hybridized carbons (Fsp3) is 0.571. The number of hydrogen-bond acceptors (Lipinski definition) is 1. The van der Waals surface area contributed by atoms with Crippen molar-refractivity contribution in [3.8, 4) is 5.75 Å². The first-order valence-corrected chi connectivity index (χ1v) is 6.33. The number of benzene rings is 1. The Morgan fingerprint density at radius 2 is 1.62 bits per heavy atom. The van der Waals surface area contributed by atoms with E-state index in [1.807, 2.05) is 26.0 Å². The van der Waals surface area contributed by atoms with E-state index in [2.05, 4.69) is 26.0 Å². The fourth-order valence-electron chi connectivity index (χ4n) is 1.58. The normalized spacial score (nSPS) is 13.2. The van der Waals surface area contributed by atoms with Gasteiger partial charge in [0.05, 0.1) is 11.5 Å². The second kappa shape index (κ2) is 6.15. The van der Waals surface area contributed by atoms with Crippen LogP contribution in [0.25, 0.3) is 0 Å². The van der Waals surface area contributed by atoms with Gasteiger partial charge < -0.3 is 4.74 Å². The van der Waals surface area contributed by atoms with Crippen LogP contribution < -0.4 is 4.74 Å². The Bertz CT molecular complexity index is 303. The van der Waals surface area contributed by atoms with E-state index in [1.54, 1.807) is 0 Å². The minimum Gasteiger partial charge on any atom is -0.491 e. The Kier molecular flexibility index (Phi) is 5.14. The Morgan fingerprint density at radius 3 is 2.06 bits per heavy atom. The van der Waals surface area contributed by atoms with Crippen LogP contribution in [0.4, 0.5) is 0 Å². The Morgan fingerprint density at radius 1 is 1.06 bits per heavy atom. The molecular weight excluding hydrogens is 220 g/mol. The molecule has 0 N–H and O–H groups in total. The van der Waals surface area contributed by atoms with Gasteiger partial charge in [0.15, 0.2) is 0 Å². The van der Waals surface area contributed by atoms with Gasteiger partial charge in [0, 0.05) is 0 Å². The van der Waals surface area contributed by atoms with Crippen LogP contribution in [0, 0.1) is 5.92 Å². The largest absolute Gasteiger partial charge is 0.491 e. The third kappa shape index (κ3) is 4.44. The molecule has 0 saturated carbocycles. The molecule has 0 bridgehead atoms. The van der Waals surface area contributed by atoms with Crippen molar-refractivity contribution in [1.29, 1.82) is 0 Å². The average molecular weight is 241 g/mol. The quantitative estimate of drug-likeness (QED) is 0.672. The lowest BCUT2D eigenvalue weighted by Crippen LogP contribution is -2.05. The molecule has 1 aromatic carbocycles. The summed E-state index contributed by atoms with van der Waals surface area (Å²) in [6.07, 6.45) is 1.22. The minimum absolute atomic E-state index is 0.105. The molecule has 0 saturated heterocycles. The third-order valence-electron chi connectivity index (χ3n) is 2.29. The summed E-state index contributed by atoms with van der Waals surface area (Å²) < 4.78 is 5.59. The lowest BCUT2D eigenvalue weighted by atomic mass is 10.0. The molecule has 0 aliphatic heterocycles. The summed E-state index contributed by atoms with van der Waals surface area (Å²) in [5.74, 6) is 1.53. The van der Waals surface area contributed by atoms with Crippen LogP contribution in [0.15, 0.2) is 24.3 Å². The number of rotatable bonds is 5. The molecule has 0 radical (unpaired) electrons. The summed E-state index contributed by atoms with van der Waals surface area (Å²) in [6, 6.07) is 8.09. The summed E-state index contributed by atoms with van der Waals surface area (Å²) in [4.78, 5) is 0. The van der Waals surface area contributed by atoms with Crippen LogP contribution in [0.3, 0.4) is 0 Å². The van der Waals surface area contributed by atoms with Gasteiger partial charge >= 0.3 is 0 Å². The summed E-state index contributed by atoms with van der Waals surface area (Å²) in [5.41, 5.74) is 1.17. The Hall–Kier alpha value is -0.690. The van der Waals surface area contributed by atoms with Gasteiger partial charge in [-0.1, -0.05) is 26.0 Å².